The van der Waals surface area contributed by atoms with Crippen LogP contribution in [0.2, 0.25) is 0 Å². The fraction of sp³-hybridized carbons (Fsp3) is 0.625. The summed E-state index contributed by atoms with van der Waals surface area (Å²) in [5, 5.41) is 3.51. The van der Waals surface area contributed by atoms with Gasteiger partial charge in [-0.1, -0.05) is 13.0 Å². The molecule has 1 unspecified atom stereocenters. The van der Waals surface area contributed by atoms with Crippen LogP contribution in [0.5, 0.6) is 11.5 Å². The van der Waals surface area contributed by atoms with E-state index < -0.39 is 0 Å². The summed E-state index contributed by atoms with van der Waals surface area (Å²) in [5.74, 6) is 1.65. The van der Waals surface area contributed by atoms with E-state index in [4.69, 9.17) is 9.47 Å². The third-order valence-corrected chi connectivity index (χ3v) is 3.14. The van der Waals surface area contributed by atoms with Crippen LogP contribution in [0.15, 0.2) is 18.2 Å². The van der Waals surface area contributed by atoms with E-state index in [-0.39, 0.29) is 0 Å². The molecule has 3 heteroatoms. The quantitative estimate of drug-likeness (QED) is 0.742. The first-order chi connectivity index (χ1) is 9.21. The Morgan fingerprint density at radius 2 is 2.00 bits per heavy atom. The first kappa shape index (κ1) is 15.8. The SMILES string of the molecule is CCCNC(C)CCc1ccc(OCC)c(OC)c1. The molecule has 0 aliphatic rings. The molecule has 0 fully saturated rings. The normalized spacial score (nSPS) is 12.2. The molecule has 0 heterocycles. The van der Waals surface area contributed by atoms with Gasteiger partial charge in [0.2, 0.25) is 0 Å². The molecule has 0 aliphatic heterocycles. The van der Waals surface area contributed by atoms with Gasteiger partial charge in [0.15, 0.2) is 11.5 Å². The van der Waals surface area contributed by atoms with Crippen LogP contribution in [0.25, 0.3) is 0 Å². The monoisotopic (exact) mass is 265 g/mol. The second kappa shape index (κ2) is 8.81. The van der Waals surface area contributed by atoms with E-state index in [2.05, 4.69) is 31.3 Å². The molecular weight excluding hydrogens is 238 g/mol. The molecule has 0 radical (unpaired) electrons. The van der Waals surface area contributed by atoms with Crippen LogP contribution in [0.4, 0.5) is 0 Å². The maximum atomic E-state index is 5.52. The Morgan fingerprint density at radius 1 is 1.21 bits per heavy atom. The van der Waals surface area contributed by atoms with Crippen molar-refractivity contribution >= 4 is 0 Å². The molecule has 0 amide bonds. The maximum absolute atomic E-state index is 5.52. The molecule has 108 valence electrons. The Kier molecular flexibility index (Phi) is 7.34. The van der Waals surface area contributed by atoms with Gasteiger partial charge in [-0.2, -0.15) is 0 Å². The van der Waals surface area contributed by atoms with E-state index in [1.165, 1.54) is 12.0 Å². The molecule has 1 aromatic rings. The van der Waals surface area contributed by atoms with Crippen LogP contribution in [-0.4, -0.2) is 26.3 Å². The summed E-state index contributed by atoms with van der Waals surface area (Å²) in [6, 6.07) is 6.76. The van der Waals surface area contributed by atoms with Crippen molar-refractivity contribution in [3.8, 4) is 11.5 Å². The molecule has 3 nitrogen and oxygen atoms in total. The molecule has 1 N–H and O–H groups in total. The minimum absolute atomic E-state index is 0.553. The molecule has 0 aromatic heterocycles. The summed E-state index contributed by atoms with van der Waals surface area (Å²) >= 11 is 0. The van der Waals surface area contributed by atoms with Crippen molar-refractivity contribution in [2.45, 2.75) is 46.1 Å². The van der Waals surface area contributed by atoms with Gasteiger partial charge < -0.3 is 14.8 Å². The van der Waals surface area contributed by atoms with E-state index in [0.29, 0.717) is 12.6 Å². The summed E-state index contributed by atoms with van der Waals surface area (Å²) in [7, 11) is 1.69. The summed E-state index contributed by atoms with van der Waals surface area (Å²) < 4.78 is 10.9. The van der Waals surface area contributed by atoms with Crippen LogP contribution in [0.3, 0.4) is 0 Å². The molecule has 0 bridgehead atoms. The first-order valence-corrected chi connectivity index (χ1v) is 7.24. The van der Waals surface area contributed by atoms with Crippen LogP contribution >= 0.6 is 0 Å². The second-order valence-electron chi connectivity index (χ2n) is 4.81. The predicted octanol–water partition coefficient (Wildman–Crippen LogP) is 3.41. The lowest BCUT2D eigenvalue weighted by Crippen LogP contribution is -2.27. The van der Waals surface area contributed by atoms with Gasteiger partial charge >= 0.3 is 0 Å². The Balaban J connectivity index is 2.54. The van der Waals surface area contributed by atoms with Crippen molar-refractivity contribution < 1.29 is 9.47 Å². The topological polar surface area (TPSA) is 30.5 Å². The Labute approximate surface area is 117 Å². The van der Waals surface area contributed by atoms with E-state index in [1.807, 2.05) is 13.0 Å². The van der Waals surface area contributed by atoms with E-state index in [9.17, 15) is 0 Å². The van der Waals surface area contributed by atoms with Crippen LogP contribution < -0.4 is 14.8 Å². The van der Waals surface area contributed by atoms with Gasteiger partial charge in [0, 0.05) is 6.04 Å². The number of hydrogen-bond donors (Lipinski definition) is 1. The van der Waals surface area contributed by atoms with Gasteiger partial charge in [-0.3, -0.25) is 0 Å². The zero-order chi connectivity index (χ0) is 14.1. The van der Waals surface area contributed by atoms with Crippen molar-refractivity contribution in [1.82, 2.24) is 5.32 Å². The lowest BCUT2D eigenvalue weighted by molar-refractivity contribution is 0.310. The molecule has 1 atom stereocenters. The lowest BCUT2D eigenvalue weighted by Gasteiger charge is -2.14. The number of ether oxygens (including phenoxy) is 2. The van der Waals surface area contributed by atoms with Crippen molar-refractivity contribution in [3.63, 3.8) is 0 Å². The summed E-state index contributed by atoms with van der Waals surface area (Å²) in [4.78, 5) is 0. The molecule has 0 aliphatic carbocycles. The van der Waals surface area contributed by atoms with E-state index >= 15 is 0 Å². The van der Waals surface area contributed by atoms with Crippen LogP contribution in [0.1, 0.15) is 39.2 Å². The van der Waals surface area contributed by atoms with E-state index in [1.54, 1.807) is 7.11 Å². The predicted molar refractivity (Wildman–Crippen MR) is 80.2 cm³/mol. The second-order valence-corrected chi connectivity index (χ2v) is 4.81. The lowest BCUT2D eigenvalue weighted by atomic mass is 10.1. The Morgan fingerprint density at radius 3 is 2.63 bits per heavy atom. The molecule has 0 saturated heterocycles. The number of rotatable bonds is 9. The smallest absolute Gasteiger partial charge is 0.161 e. The maximum Gasteiger partial charge on any atom is 0.161 e. The zero-order valence-electron chi connectivity index (χ0n) is 12.7. The molecular formula is C16H27NO2. The highest BCUT2D eigenvalue weighted by Crippen LogP contribution is 2.28. The van der Waals surface area contributed by atoms with Crippen LogP contribution in [-0.2, 0) is 6.42 Å². The summed E-state index contributed by atoms with van der Waals surface area (Å²) in [5.41, 5.74) is 1.30. The zero-order valence-corrected chi connectivity index (χ0v) is 12.7. The van der Waals surface area contributed by atoms with Gasteiger partial charge in [0.05, 0.1) is 13.7 Å². The van der Waals surface area contributed by atoms with Crippen molar-refractivity contribution in [2.75, 3.05) is 20.3 Å². The average Bonchev–Trinajstić information content (AvgIpc) is 2.44. The summed E-state index contributed by atoms with van der Waals surface area (Å²) in [6.45, 7) is 8.16. The van der Waals surface area contributed by atoms with Gasteiger partial charge in [-0.15, -0.1) is 0 Å². The number of methoxy groups -OCH3 is 1. The van der Waals surface area contributed by atoms with Gasteiger partial charge in [-0.05, 0) is 57.4 Å². The highest BCUT2D eigenvalue weighted by molar-refractivity contribution is 5.43. The van der Waals surface area contributed by atoms with Crippen molar-refractivity contribution in [2.24, 2.45) is 0 Å². The number of aryl methyl sites for hydroxylation is 1. The first-order valence-electron chi connectivity index (χ1n) is 7.24. The molecule has 0 spiro atoms. The minimum Gasteiger partial charge on any atom is -0.493 e. The van der Waals surface area contributed by atoms with Crippen molar-refractivity contribution in [1.29, 1.82) is 0 Å². The third kappa shape index (κ3) is 5.52. The fourth-order valence-electron chi connectivity index (χ4n) is 2.02. The Bertz CT molecular complexity index is 366. The number of nitrogens with one attached hydrogen (secondary N) is 1. The van der Waals surface area contributed by atoms with Gasteiger partial charge in [0.1, 0.15) is 0 Å². The van der Waals surface area contributed by atoms with Gasteiger partial charge in [-0.25, -0.2) is 0 Å². The standard InChI is InChI=1S/C16H27NO2/c1-5-11-17-13(3)7-8-14-9-10-15(19-6-2)16(12-14)18-4/h9-10,12-13,17H,5-8,11H2,1-4H3. The number of benzene rings is 1. The largest absolute Gasteiger partial charge is 0.493 e. The average molecular weight is 265 g/mol. The van der Waals surface area contributed by atoms with Crippen LogP contribution in [0, 0.1) is 0 Å². The number of hydrogen-bond acceptors (Lipinski definition) is 3. The molecule has 1 aromatic carbocycles. The third-order valence-electron chi connectivity index (χ3n) is 3.14. The van der Waals surface area contributed by atoms with Gasteiger partial charge in [0.25, 0.3) is 0 Å². The molecule has 0 saturated carbocycles. The van der Waals surface area contributed by atoms with E-state index in [0.717, 1.165) is 30.9 Å². The highest BCUT2D eigenvalue weighted by atomic mass is 16.5. The summed E-state index contributed by atoms with van der Waals surface area (Å²) in [6.07, 6.45) is 3.37. The molecule has 19 heavy (non-hydrogen) atoms. The van der Waals surface area contributed by atoms with Crippen molar-refractivity contribution in [3.05, 3.63) is 23.8 Å². The fourth-order valence-corrected chi connectivity index (χ4v) is 2.02. The Hall–Kier alpha value is -1.22. The highest BCUT2D eigenvalue weighted by Gasteiger charge is 2.07. The minimum atomic E-state index is 0.553. The molecule has 1 rings (SSSR count).